The molecule has 1 aromatic rings. The first-order valence-electron chi connectivity index (χ1n) is 6.14. The van der Waals surface area contributed by atoms with Crippen molar-refractivity contribution in [2.24, 2.45) is 5.92 Å². The van der Waals surface area contributed by atoms with Crippen molar-refractivity contribution >= 4 is 16.0 Å². The van der Waals surface area contributed by atoms with Crippen molar-refractivity contribution < 1.29 is 22.8 Å². The molecule has 0 aromatic heterocycles. The third-order valence-electron chi connectivity index (χ3n) is 2.40. The number of hydrogen-bond donors (Lipinski definition) is 1. The summed E-state index contributed by atoms with van der Waals surface area (Å²) in [5.74, 6) is -0.154. The highest BCUT2D eigenvalue weighted by atomic mass is 32.2. The number of rotatable bonds is 7. The molecule has 0 atom stereocenters. The third kappa shape index (κ3) is 5.28. The van der Waals surface area contributed by atoms with Gasteiger partial charge in [0.25, 0.3) is 10.0 Å². The number of hydrogen-bond acceptors (Lipinski definition) is 5. The topological polar surface area (TPSA) is 81.7 Å². The Morgan fingerprint density at radius 1 is 1.25 bits per heavy atom. The van der Waals surface area contributed by atoms with Gasteiger partial charge in [-0.1, -0.05) is 30.9 Å². The van der Waals surface area contributed by atoms with E-state index in [1.807, 2.05) is 13.8 Å². The Labute approximate surface area is 119 Å². The van der Waals surface area contributed by atoms with Crippen LogP contribution in [0.25, 0.3) is 0 Å². The number of carbonyl (C=O) groups is 1. The first kappa shape index (κ1) is 16.6. The molecule has 0 bridgehead atoms. The van der Waals surface area contributed by atoms with Gasteiger partial charge in [0.05, 0.1) is 25.0 Å². The van der Waals surface area contributed by atoms with Crippen LogP contribution in [0.2, 0.25) is 0 Å². The fourth-order valence-corrected chi connectivity index (χ4v) is 2.17. The summed E-state index contributed by atoms with van der Waals surface area (Å²) >= 11 is 0. The van der Waals surface area contributed by atoms with Crippen molar-refractivity contribution in [3.8, 4) is 0 Å². The highest BCUT2D eigenvalue weighted by Gasteiger charge is 2.14. The average Bonchev–Trinajstić information content (AvgIpc) is 2.38. The van der Waals surface area contributed by atoms with E-state index in [9.17, 15) is 13.2 Å². The highest BCUT2D eigenvalue weighted by molar-refractivity contribution is 7.89. The van der Waals surface area contributed by atoms with Crippen LogP contribution in [0.4, 0.5) is 0 Å². The summed E-state index contributed by atoms with van der Waals surface area (Å²) in [6, 6.07) is 5.96. The molecule has 20 heavy (non-hydrogen) atoms. The smallest absolute Gasteiger partial charge is 0.309 e. The summed E-state index contributed by atoms with van der Waals surface area (Å²) < 4.78 is 28.3. The number of sulfonamides is 1. The van der Waals surface area contributed by atoms with Crippen molar-refractivity contribution in [2.75, 3.05) is 13.7 Å². The van der Waals surface area contributed by atoms with Crippen molar-refractivity contribution in [3.05, 3.63) is 29.8 Å². The number of esters is 1. The van der Waals surface area contributed by atoms with Gasteiger partial charge in [-0.2, -0.15) is 0 Å². The van der Waals surface area contributed by atoms with E-state index in [-0.39, 0.29) is 23.2 Å². The molecule has 1 N–H and O–H groups in total. The molecule has 0 saturated carbocycles. The van der Waals surface area contributed by atoms with Gasteiger partial charge in [0.15, 0.2) is 0 Å². The fraction of sp³-hybridized carbons (Fsp3) is 0.462. The first-order chi connectivity index (χ1) is 9.35. The summed E-state index contributed by atoms with van der Waals surface area (Å²) in [5, 5.41) is 0. The molecule has 0 aliphatic rings. The molecule has 6 nitrogen and oxygen atoms in total. The fourth-order valence-electron chi connectivity index (χ4n) is 1.35. The minimum Gasteiger partial charge on any atom is -0.469 e. The number of nitrogens with one attached hydrogen (secondary N) is 1. The van der Waals surface area contributed by atoms with Gasteiger partial charge in [0, 0.05) is 0 Å². The van der Waals surface area contributed by atoms with Crippen LogP contribution >= 0.6 is 0 Å². The van der Waals surface area contributed by atoms with E-state index in [0.717, 1.165) is 0 Å². The predicted octanol–water partition coefficient (Wildman–Crippen LogP) is 1.27. The van der Waals surface area contributed by atoms with E-state index in [1.165, 1.54) is 19.2 Å². The largest absolute Gasteiger partial charge is 0.469 e. The van der Waals surface area contributed by atoms with Crippen LogP contribution in [0.3, 0.4) is 0 Å². The van der Waals surface area contributed by atoms with E-state index < -0.39 is 10.0 Å². The van der Waals surface area contributed by atoms with Gasteiger partial charge in [-0.05, 0) is 23.6 Å². The Bertz CT molecular complexity index is 536. The predicted molar refractivity (Wildman–Crippen MR) is 73.3 cm³/mol. The Morgan fingerprint density at radius 2 is 1.85 bits per heavy atom. The molecule has 0 radical (unpaired) electrons. The molecule has 0 unspecified atom stereocenters. The molecule has 0 aliphatic carbocycles. The second-order valence-electron chi connectivity index (χ2n) is 4.69. The maximum absolute atomic E-state index is 11.9. The molecule has 0 amide bonds. The van der Waals surface area contributed by atoms with Gasteiger partial charge in [-0.25, -0.2) is 8.42 Å². The minimum absolute atomic E-state index is 0.0786. The van der Waals surface area contributed by atoms with Crippen molar-refractivity contribution in [2.45, 2.75) is 25.2 Å². The Morgan fingerprint density at radius 3 is 2.35 bits per heavy atom. The molecule has 1 aromatic carbocycles. The SMILES string of the molecule is COC(=O)Cc1ccc(S(=O)(=O)NOCC(C)C)cc1. The van der Waals surface area contributed by atoms with Gasteiger partial charge in [0.1, 0.15) is 0 Å². The van der Waals surface area contributed by atoms with Crippen LogP contribution in [0.1, 0.15) is 19.4 Å². The average molecular weight is 301 g/mol. The van der Waals surface area contributed by atoms with Gasteiger partial charge >= 0.3 is 5.97 Å². The van der Waals surface area contributed by atoms with Crippen LogP contribution in [-0.4, -0.2) is 28.1 Å². The number of carbonyl (C=O) groups excluding carboxylic acids is 1. The second-order valence-corrected chi connectivity index (χ2v) is 6.33. The lowest BCUT2D eigenvalue weighted by atomic mass is 10.2. The maximum atomic E-state index is 11.9. The van der Waals surface area contributed by atoms with Gasteiger partial charge < -0.3 is 4.74 Å². The molecule has 0 heterocycles. The molecular formula is C13H19NO5S. The van der Waals surface area contributed by atoms with Crippen LogP contribution < -0.4 is 4.89 Å². The normalized spacial score (nSPS) is 11.6. The minimum atomic E-state index is -3.70. The lowest BCUT2D eigenvalue weighted by Crippen LogP contribution is -2.25. The van der Waals surface area contributed by atoms with E-state index in [0.29, 0.717) is 12.2 Å². The third-order valence-corrected chi connectivity index (χ3v) is 3.63. The zero-order valence-electron chi connectivity index (χ0n) is 11.8. The molecular weight excluding hydrogens is 282 g/mol. The van der Waals surface area contributed by atoms with Gasteiger partial charge in [-0.15, -0.1) is 0 Å². The zero-order chi connectivity index (χ0) is 15.2. The second kappa shape index (κ2) is 7.37. The summed E-state index contributed by atoms with van der Waals surface area (Å²) in [6.45, 7) is 4.12. The molecule has 0 saturated heterocycles. The summed E-state index contributed by atoms with van der Waals surface area (Å²) in [6.07, 6.45) is 0.105. The summed E-state index contributed by atoms with van der Waals surface area (Å²) in [5.41, 5.74) is 0.680. The van der Waals surface area contributed by atoms with Crippen LogP contribution in [-0.2, 0) is 30.8 Å². The summed E-state index contributed by atoms with van der Waals surface area (Å²) in [7, 11) is -2.39. The zero-order valence-corrected chi connectivity index (χ0v) is 12.6. The van der Waals surface area contributed by atoms with E-state index >= 15 is 0 Å². The molecule has 1 rings (SSSR count). The molecule has 112 valence electrons. The molecule has 7 heteroatoms. The van der Waals surface area contributed by atoms with Crippen molar-refractivity contribution in [3.63, 3.8) is 0 Å². The quantitative estimate of drug-likeness (QED) is 0.606. The Balaban J connectivity index is 2.69. The first-order valence-corrected chi connectivity index (χ1v) is 7.63. The number of methoxy groups -OCH3 is 1. The van der Waals surface area contributed by atoms with Crippen molar-refractivity contribution in [1.29, 1.82) is 0 Å². The van der Waals surface area contributed by atoms with Crippen LogP contribution in [0, 0.1) is 5.92 Å². The molecule has 0 aliphatic heterocycles. The lowest BCUT2D eigenvalue weighted by Gasteiger charge is -2.09. The Hall–Kier alpha value is -1.44. The van der Waals surface area contributed by atoms with Crippen LogP contribution in [0.5, 0.6) is 0 Å². The molecule has 0 spiro atoms. The van der Waals surface area contributed by atoms with E-state index in [1.54, 1.807) is 12.1 Å². The monoisotopic (exact) mass is 301 g/mol. The summed E-state index contributed by atoms with van der Waals surface area (Å²) in [4.78, 5) is 18.1. The van der Waals surface area contributed by atoms with Crippen LogP contribution in [0.15, 0.2) is 29.2 Å². The Kier molecular flexibility index (Phi) is 6.12. The number of benzene rings is 1. The van der Waals surface area contributed by atoms with E-state index in [2.05, 4.69) is 9.62 Å². The van der Waals surface area contributed by atoms with Crippen molar-refractivity contribution in [1.82, 2.24) is 4.89 Å². The standard InChI is InChI=1S/C13H19NO5S/c1-10(2)9-19-14-20(16,17)12-6-4-11(5-7-12)8-13(15)18-3/h4-7,10,14H,8-9H2,1-3H3. The maximum Gasteiger partial charge on any atom is 0.309 e. The van der Waals surface area contributed by atoms with E-state index in [4.69, 9.17) is 4.84 Å². The lowest BCUT2D eigenvalue weighted by molar-refractivity contribution is -0.139. The van der Waals surface area contributed by atoms with Gasteiger partial charge in [0.2, 0.25) is 0 Å². The van der Waals surface area contributed by atoms with Gasteiger partial charge in [-0.3, -0.25) is 9.63 Å². The highest BCUT2D eigenvalue weighted by Crippen LogP contribution is 2.11. The molecule has 0 fully saturated rings. The number of ether oxygens (including phenoxy) is 1.